The molecule has 2 bridgehead atoms. The Balaban J connectivity index is 1.39. The van der Waals surface area contributed by atoms with Crippen molar-refractivity contribution in [1.29, 1.82) is 0 Å². The number of carbonyl (C=O) groups excluding carboxylic acids is 4. The van der Waals surface area contributed by atoms with Crippen molar-refractivity contribution in [3.8, 4) is 0 Å². The highest BCUT2D eigenvalue weighted by molar-refractivity contribution is 5.93. The number of methoxy groups -OCH3 is 1. The number of hydrogen-bond donors (Lipinski definition) is 1. The Kier molecular flexibility index (Phi) is 21.1. The maximum absolute atomic E-state index is 15.2. The van der Waals surface area contributed by atoms with E-state index in [4.69, 9.17) is 52.2 Å². The number of aliphatic hydroxyl groups is 1. The number of cyclic esters (lactones) is 1. The van der Waals surface area contributed by atoms with Crippen molar-refractivity contribution in [1.82, 2.24) is 4.90 Å². The standard InChI is InChI=1S/C62H84N2O16/c1-14-47-62(10,69)53-39(4)49(63-80-58(68)45-30-22-17-23-31-45)37(2)35-61(9,72-33-25-24-32-71-53)52(79-59-51(46(64(11)12)34-38(3)73-59)77-56(66)43-26-18-15-19-27-43)40(5)50(41(6)55(65)75-47)76-48-36-60(8,70-13)54(42(7)74-48)78-57(67)44-28-20-16-21-29-44/h15-31,37-42,46-48,50-54,59,69H,14,32-36H2,1-13H3/b25-24+,63-49+/t37-,38-,39+,40+,41-,42+,46+,47-,48+,50+,51-,52-,53+,54+,59+,60-,61-,62-/m1/s1. The third-order valence-electron chi connectivity index (χ3n) is 16.5. The minimum atomic E-state index is -1.86. The van der Waals surface area contributed by atoms with E-state index in [1.165, 1.54) is 7.11 Å². The molecule has 3 aromatic carbocycles. The Morgan fingerprint density at radius 1 is 0.725 bits per heavy atom. The Labute approximate surface area is 471 Å². The van der Waals surface area contributed by atoms with Gasteiger partial charge in [0.25, 0.3) is 0 Å². The third-order valence-corrected chi connectivity index (χ3v) is 16.5. The summed E-state index contributed by atoms with van der Waals surface area (Å²) in [6.45, 7) is 18.2. The first kappa shape index (κ1) is 62.2. The lowest BCUT2D eigenvalue weighted by molar-refractivity contribution is -0.319. The van der Waals surface area contributed by atoms with Gasteiger partial charge in [-0.15, -0.1) is 0 Å². The molecule has 0 amide bonds. The fourth-order valence-electron chi connectivity index (χ4n) is 12.1. The SMILES string of the molecule is CC[C@H]1OC(=O)[C@H](C)[C@@H](O[C@H]2C[C@@](C)(OC)[C@@H](OC(=O)c3ccccc3)[C@H](C)O2)[C@H](C)[C@@H](O[C@@H]2O[C@H](C)C[C@H](N(C)C)[C@H]2OC(=O)c2ccccc2)[C@@]2(C)C[C@@H](C)/C(=N\OC(=O)c3ccccc3)[C@H](C)[C@H](OC/C=C/CO2)[C@]1(C)O. The topological polar surface area (TPSA) is 206 Å². The van der Waals surface area contributed by atoms with Crippen LogP contribution in [0.25, 0.3) is 0 Å². The van der Waals surface area contributed by atoms with Gasteiger partial charge in [-0.3, -0.25) is 4.79 Å². The summed E-state index contributed by atoms with van der Waals surface area (Å²) in [5.41, 5.74) is -3.09. The van der Waals surface area contributed by atoms with E-state index >= 15 is 4.79 Å². The molecule has 18 atom stereocenters. The first-order chi connectivity index (χ1) is 38.0. The Hall–Kier alpha value is -5.41. The molecule has 7 rings (SSSR count). The van der Waals surface area contributed by atoms with Gasteiger partial charge in [0, 0.05) is 31.3 Å². The maximum atomic E-state index is 15.2. The zero-order chi connectivity index (χ0) is 58.1. The lowest BCUT2D eigenvalue weighted by Gasteiger charge is -2.51. The van der Waals surface area contributed by atoms with Crippen LogP contribution in [0.4, 0.5) is 0 Å². The van der Waals surface area contributed by atoms with Gasteiger partial charge in [-0.1, -0.05) is 99.6 Å². The summed E-state index contributed by atoms with van der Waals surface area (Å²) >= 11 is 0. The van der Waals surface area contributed by atoms with E-state index in [1.807, 2.05) is 78.7 Å². The van der Waals surface area contributed by atoms with Gasteiger partial charge in [-0.25, -0.2) is 14.4 Å². The van der Waals surface area contributed by atoms with E-state index in [0.717, 1.165) is 0 Å². The van der Waals surface area contributed by atoms with Crippen LogP contribution in [-0.2, 0) is 57.0 Å². The van der Waals surface area contributed by atoms with Crippen LogP contribution in [0.1, 0.15) is 126 Å². The van der Waals surface area contributed by atoms with Crippen LogP contribution < -0.4 is 0 Å². The van der Waals surface area contributed by atoms with E-state index in [-0.39, 0.29) is 50.2 Å². The second-order valence-electron chi connectivity index (χ2n) is 22.9. The fraction of sp³-hybridized carbons (Fsp3) is 0.597. The summed E-state index contributed by atoms with van der Waals surface area (Å²) in [5.74, 6) is -5.88. The van der Waals surface area contributed by atoms with Crippen molar-refractivity contribution in [3.63, 3.8) is 0 Å². The third kappa shape index (κ3) is 14.4. The quantitative estimate of drug-likeness (QED) is 0.0558. The molecule has 0 aromatic heterocycles. The van der Waals surface area contributed by atoms with Gasteiger partial charge >= 0.3 is 23.9 Å². The van der Waals surface area contributed by atoms with Crippen molar-refractivity contribution in [3.05, 3.63) is 120 Å². The molecule has 0 aliphatic carbocycles. The smallest absolute Gasteiger partial charge is 0.365 e. The number of fused-ring (bicyclic) bond motifs is 5. The highest BCUT2D eigenvalue weighted by Crippen LogP contribution is 2.44. The van der Waals surface area contributed by atoms with Crippen LogP contribution in [0, 0.1) is 23.7 Å². The van der Waals surface area contributed by atoms with Crippen LogP contribution in [0.3, 0.4) is 0 Å². The van der Waals surface area contributed by atoms with Gasteiger partial charge in [0.1, 0.15) is 17.3 Å². The van der Waals surface area contributed by atoms with Gasteiger partial charge in [0.05, 0.1) is 83.7 Å². The number of hydrogen-bond acceptors (Lipinski definition) is 18. The Morgan fingerprint density at radius 2 is 1.30 bits per heavy atom. The molecule has 3 fully saturated rings. The zero-order valence-corrected chi connectivity index (χ0v) is 48.7. The first-order valence-corrected chi connectivity index (χ1v) is 28.0. The molecule has 3 saturated heterocycles. The second kappa shape index (κ2) is 27.1. The summed E-state index contributed by atoms with van der Waals surface area (Å²) in [4.78, 5) is 64.4. The Bertz CT molecular complexity index is 2580. The number of ether oxygens (including phenoxy) is 10. The molecule has 4 aliphatic rings. The maximum Gasteiger partial charge on any atom is 0.365 e. The summed E-state index contributed by atoms with van der Waals surface area (Å²) < 4.78 is 67.1. The van der Waals surface area contributed by atoms with Crippen molar-refractivity contribution < 1.29 is 76.5 Å². The van der Waals surface area contributed by atoms with Gasteiger partial charge < -0.3 is 62.2 Å². The highest BCUT2D eigenvalue weighted by atomic mass is 16.7. The van der Waals surface area contributed by atoms with Crippen LogP contribution in [0.15, 0.2) is 108 Å². The minimum absolute atomic E-state index is 0.0183. The van der Waals surface area contributed by atoms with Crippen LogP contribution in [0.2, 0.25) is 0 Å². The normalized spacial score (nSPS) is 37.4. The van der Waals surface area contributed by atoms with Crippen molar-refractivity contribution in [2.75, 3.05) is 34.4 Å². The number of likely N-dealkylation sites (N-methyl/N-ethyl adjacent to an activating group) is 1. The minimum Gasteiger partial charge on any atom is -0.459 e. The van der Waals surface area contributed by atoms with Crippen molar-refractivity contribution >= 4 is 29.6 Å². The Morgan fingerprint density at radius 3 is 1.88 bits per heavy atom. The molecule has 0 spiro atoms. The largest absolute Gasteiger partial charge is 0.459 e. The molecule has 4 heterocycles. The summed E-state index contributed by atoms with van der Waals surface area (Å²) in [5, 5.41) is 17.5. The molecule has 438 valence electrons. The fourth-order valence-corrected chi connectivity index (χ4v) is 12.1. The number of rotatable bonds is 13. The van der Waals surface area contributed by atoms with E-state index in [0.29, 0.717) is 23.3 Å². The average molecular weight is 1110 g/mol. The summed E-state index contributed by atoms with van der Waals surface area (Å²) in [6.07, 6.45) is -5.38. The molecule has 0 unspecified atom stereocenters. The van der Waals surface area contributed by atoms with Crippen LogP contribution >= 0.6 is 0 Å². The number of nitrogens with zero attached hydrogens (tertiary/aromatic N) is 2. The predicted molar refractivity (Wildman–Crippen MR) is 296 cm³/mol. The van der Waals surface area contributed by atoms with Crippen LogP contribution in [-0.4, -0.2) is 158 Å². The first-order valence-electron chi connectivity index (χ1n) is 28.0. The number of oxime groups is 1. The van der Waals surface area contributed by atoms with E-state index in [9.17, 15) is 19.5 Å². The number of carbonyl (C=O) groups is 4. The number of benzene rings is 3. The summed E-state index contributed by atoms with van der Waals surface area (Å²) in [6, 6.07) is 25.4. The second-order valence-corrected chi connectivity index (χ2v) is 22.9. The van der Waals surface area contributed by atoms with Crippen molar-refractivity contribution in [2.45, 2.75) is 179 Å². The van der Waals surface area contributed by atoms with E-state index in [1.54, 1.807) is 113 Å². The van der Waals surface area contributed by atoms with E-state index in [2.05, 4.69) is 5.16 Å². The zero-order valence-electron chi connectivity index (χ0n) is 48.7. The molecule has 3 aromatic rings. The van der Waals surface area contributed by atoms with Gasteiger partial charge in [0.15, 0.2) is 24.8 Å². The average Bonchev–Trinajstić information content (AvgIpc) is 3.46. The molecule has 18 heteroatoms. The van der Waals surface area contributed by atoms with Gasteiger partial charge in [0.2, 0.25) is 0 Å². The molecule has 80 heavy (non-hydrogen) atoms. The van der Waals surface area contributed by atoms with Crippen molar-refractivity contribution in [2.24, 2.45) is 28.8 Å². The number of esters is 3. The lowest BCUT2D eigenvalue weighted by Crippen LogP contribution is -2.62. The van der Waals surface area contributed by atoms with Crippen LogP contribution in [0.5, 0.6) is 0 Å². The molecule has 0 radical (unpaired) electrons. The summed E-state index contributed by atoms with van der Waals surface area (Å²) in [7, 11) is 5.35. The van der Waals surface area contributed by atoms with Gasteiger partial charge in [-0.2, -0.15) is 0 Å². The van der Waals surface area contributed by atoms with E-state index < -0.39 is 120 Å². The monoisotopic (exact) mass is 1110 g/mol. The predicted octanol–water partition coefficient (Wildman–Crippen LogP) is 8.78. The molecule has 18 nitrogen and oxygen atoms in total. The molecule has 1 N–H and O–H groups in total. The lowest BCUT2D eigenvalue weighted by atomic mass is 9.73. The van der Waals surface area contributed by atoms with Gasteiger partial charge in [-0.05, 0) is 111 Å². The molecular weight excluding hydrogens is 1030 g/mol. The highest BCUT2D eigenvalue weighted by Gasteiger charge is 2.56. The molecule has 0 saturated carbocycles. The molecule has 4 aliphatic heterocycles. The molecular formula is C62H84N2O16.